The van der Waals surface area contributed by atoms with Crippen molar-refractivity contribution < 1.29 is 0 Å². The van der Waals surface area contributed by atoms with E-state index in [2.05, 4.69) is 46.4 Å². The molecule has 0 radical (unpaired) electrons. The minimum absolute atomic E-state index is 0.565. The van der Waals surface area contributed by atoms with Crippen molar-refractivity contribution >= 4 is 0 Å². The van der Waals surface area contributed by atoms with Gasteiger partial charge in [-0.3, -0.25) is 0 Å². The zero-order chi connectivity index (χ0) is 9.56. The second kappa shape index (κ2) is 5.82. The van der Waals surface area contributed by atoms with Gasteiger partial charge in [0.05, 0.1) is 0 Å². The van der Waals surface area contributed by atoms with Gasteiger partial charge in [0.25, 0.3) is 0 Å². The van der Waals surface area contributed by atoms with Crippen molar-refractivity contribution in [1.29, 1.82) is 0 Å². The Morgan fingerprint density at radius 3 is 2.42 bits per heavy atom. The van der Waals surface area contributed by atoms with Gasteiger partial charge in [-0.15, -0.1) is 6.58 Å². The van der Waals surface area contributed by atoms with Crippen LogP contribution < -0.4 is 0 Å². The molecule has 68 valence electrons. The van der Waals surface area contributed by atoms with Crippen LogP contribution in [0.1, 0.15) is 34.1 Å². The SMILES string of the molecule is C=CCC(C)=C(C)C(C)C=CC. The Kier molecular flexibility index (Phi) is 5.44. The maximum atomic E-state index is 3.74. The summed E-state index contributed by atoms with van der Waals surface area (Å²) in [6, 6.07) is 0. The van der Waals surface area contributed by atoms with Crippen LogP contribution >= 0.6 is 0 Å². The molecule has 12 heavy (non-hydrogen) atoms. The first-order chi connectivity index (χ1) is 5.63. The summed E-state index contributed by atoms with van der Waals surface area (Å²) in [5, 5.41) is 0. The highest BCUT2D eigenvalue weighted by Gasteiger charge is 2.01. The van der Waals surface area contributed by atoms with Crippen molar-refractivity contribution in [1.82, 2.24) is 0 Å². The van der Waals surface area contributed by atoms with Crippen molar-refractivity contribution in [3.63, 3.8) is 0 Å². The fourth-order valence-electron chi connectivity index (χ4n) is 1.20. The van der Waals surface area contributed by atoms with Crippen LogP contribution in [0.25, 0.3) is 0 Å². The lowest BCUT2D eigenvalue weighted by Crippen LogP contribution is -1.94. The Morgan fingerprint density at radius 2 is 2.00 bits per heavy atom. The summed E-state index contributed by atoms with van der Waals surface area (Å²) in [5.74, 6) is 0.565. The molecule has 0 aromatic heterocycles. The molecular weight excluding hydrogens is 144 g/mol. The quantitative estimate of drug-likeness (QED) is 0.548. The van der Waals surface area contributed by atoms with E-state index in [1.54, 1.807) is 0 Å². The van der Waals surface area contributed by atoms with E-state index in [0.717, 1.165) is 6.42 Å². The monoisotopic (exact) mass is 164 g/mol. The average Bonchev–Trinajstić information content (AvgIpc) is 2.04. The molecule has 0 aromatic carbocycles. The summed E-state index contributed by atoms with van der Waals surface area (Å²) >= 11 is 0. The zero-order valence-electron chi connectivity index (χ0n) is 8.72. The molecular formula is C12H20. The van der Waals surface area contributed by atoms with Gasteiger partial charge in [0.15, 0.2) is 0 Å². The highest BCUT2D eigenvalue weighted by molar-refractivity contribution is 5.18. The van der Waals surface area contributed by atoms with Crippen molar-refractivity contribution in [3.8, 4) is 0 Å². The van der Waals surface area contributed by atoms with Crippen molar-refractivity contribution in [2.24, 2.45) is 5.92 Å². The Hall–Kier alpha value is -0.780. The lowest BCUT2D eigenvalue weighted by atomic mass is 9.96. The summed E-state index contributed by atoms with van der Waals surface area (Å²) in [6.45, 7) is 12.4. The van der Waals surface area contributed by atoms with Gasteiger partial charge in [0, 0.05) is 0 Å². The summed E-state index contributed by atoms with van der Waals surface area (Å²) < 4.78 is 0. The maximum absolute atomic E-state index is 3.74. The van der Waals surface area contributed by atoms with Crippen LogP contribution in [0.2, 0.25) is 0 Å². The van der Waals surface area contributed by atoms with Crippen LogP contribution in [0.3, 0.4) is 0 Å². The van der Waals surface area contributed by atoms with Gasteiger partial charge in [-0.2, -0.15) is 0 Å². The van der Waals surface area contributed by atoms with Gasteiger partial charge in [-0.05, 0) is 33.1 Å². The number of hydrogen-bond donors (Lipinski definition) is 0. The van der Waals surface area contributed by atoms with Gasteiger partial charge >= 0.3 is 0 Å². The molecule has 0 amide bonds. The normalized spacial score (nSPS) is 16.0. The second-order valence-corrected chi connectivity index (χ2v) is 3.27. The molecule has 0 aliphatic rings. The van der Waals surface area contributed by atoms with Crippen LogP contribution in [0.5, 0.6) is 0 Å². The van der Waals surface area contributed by atoms with E-state index in [-0.39, 0.29) is 0 Å². The molecule has 0 saturated heterocycles. The molecule has 1 unspecified atom stereocenters. The predicted molar refractivity (Wildman–Crippen MR) is 57.2 cm³/mol. The van der Waals surface area contributed by atoms with Crippen LogP contribution in [0, 0.1) is 5.92 Å². The molecule has 0 spiro atoms. The van der Waals surface area contributed by atoms with Crippen LogP contribution in [-0.2, 0) is 0 Å². The zero-order valence-corrected chi connectivity index (χ0v) is 8.72. The molecule has 0 fully saturated rings. The summed E-state index contributed by atoms with van der Waals surface area (Å²) in [4.78, 5) is 0. The average molecular weight is 164 g/mol. The first kappa shape index (κ1) is 11.2. The second-order valence-electron chi connectivity index (χ2n) is 3.27. The highest BCUT2D eigenvalue weighted by Crippen LogP contribution is 2.18. The molecule has 0 saturated carbocycles. The van der Waals surface area contributed by atoms with E-state index in [0.29, 0.717) is 5.92 Å². The third-order valence-electron chi connectivity index (χ3n) is 2.29. The molecule has 0 nitrogen and oxygen atoms in total. The van der Waals surface area contributed by atoms with E-state index in [4.69, 9.17) is 0 Å². The molecule has 0 aromatic rings. The molecule has 1 atom stereocenters. The van der Waals surface area contributed by atoms with Crippen molar-refractivity contribution in [2.45, 2.75) is 34.1 Å². The minimum Gasteiger partial charge on any atom is -0.103 e. The van der Waals surface area contributed by atoms with E-state index in [1.165, 1.54) is 11.1 Å². The molecule has 0 heteroatoms. The first-order valence-electron chi connectivity index (χ1n) is 4.53. The maximum Gasteiger partial charge on any atom is -0.00518 e. The van der Waals surface area contributed by atoms with Crippen LogP contribution in [-0.4, -0.2) is 0 Å². The molecule has 0 aliphatic carbocycles. The van der Waals surface area contributed by atoms with Gasteiger partial charge < -0.3 is 0 Å². The predicted octanol–water partition coefficient (Wildman–Crippen LogP) is 4.11. The first-order valence-corrected chi connectivity index (χ1v) is 4.53. The van der Waals surface area contributed by atoms with Crippen LogP contribution in [0.15, 0.2) is 36.0 Å². The smallest absolute Gasteiger partial charge is 0.00518 e. The summed E-state index contributed by atoms with van der Waals surface area (Å²) in [7, 11) is 0. The van der Waals surface area contributed by atoms with E-state index in [1.807, 2.05) is 6.08 Å². The number of allylic oxidation sites excluding steroid dienone is 5. The largest absolute Gasteiger partial charge is 0.103 e. The van der Waals surface area contributed by atoms with Crippen molar-refractivity contribution in [3.05, 3.63) is 36.0 Å². The van der Waals surface area contributed by atoms with Crippen LogP contribution in [0.4, 0.5) is 0 Å². The van der Waals surface area contributed by atoms with E-state index >= 15 is 0 Å². The number of hydrogen-bond acceptors (Lipinski definition) is 0. The third kappa shape index (κ3) is 3.56. The third-order valence-corrected chi connectivity index (χ3v) is 2.29. The Morgan fingerprint density at radius 1 is 1.42 bits per heavy atom. The van der Waals surface area contributed by atoms with E-state index in [9.17, 15) is 0 Å². The molecule has 0 bridgehead atoms. The molecule has 0 N–H and O–H groups in total. The lowest BCUT2D eigenvalue weighted by Gasteiger charge is -2.10. The summed E-state index contributed by atoms with van der Waals surface area (Å²) in [6.07, 6.45) is 7.30. The standard InChI is InChI=1S/C12H20/c1-6-8-10(3)12(5)11(4)9-7-2/h6-7,9,11H,1,8H2,2-5H3. The van der Waals surface area contributed by atoms with Crippen molar-refractivity contribution in [2.75, 3.05) is 0 Å². The fourth-order valence-corrected chi connectivity index (χ4v) is 1.20. The fraction of sp³-hybridized carbons (Fsp3) is 0.500. The summed E-state index contributed by atoms with van der Waals surface area (Å²) in [5.41, 5.74) is 2.91. The lowest BCUT2D eigenvalue weighted by molar-refractivity contribution is 0.835. The topological polar surface area (TPSA) is 0 Å². The van der Waals surface area contributed by atoms with Gasteiger partial charge in [-0.1, -0.05) is 36.3 Å². The molecule has 0 aliphatic heterocycles. The van der Waals surface area contributed by atoms with Gasteiger partial charge in [0.2, 0.25) is 0 Å². The molecule has 0 rings (SSSR count). The molecule has 0 heterocycles. The Bertz CT molecular complexity index is 194. The number of rotatable bonds is 4. The van der Waals surface area contributed by atoms with Gasteiger partial charge in [-0.25, -0.2) is 0 Å². The van der Waals surface area contributed by atoms with E-state index < -0.39 is 0 Å². The highest BCUT2D eigenvalue weighted by atomic mass is 14.1. The Labute approximate surface area is 76.7 Å². The Balaban J connectivity index is 4.41. The van der Waals surface area contributed by atoms with Gasteiger partial charge in [0.1, 0.15) is 0 Å². The minimum atomic E-state index is 0.565.